The average molecular weight is 777 g/mol. The van der Waals surface area contributed by atoms with Crippen molar-refractivity contribution in [1.29, 1.82) is 0 Å². The summed E-state index contributed by atoms with van der Waals surface area (Å²) in [5.41, 5.74) is 12.7. The van der Waals surface area contributed by atoms with Crippen LogP contribution in [-0.2, 0) is 47.8 Å². The van der Waals surface area contributed by atoms with Gasteiger partial charge in [-0.3, -0.25) is 14.4 Å². The van der Waals surface area contributed by atoms with Gasteiger partial charge < -0.3 is 40.2 Å². The Morgan fingerprint density at radius 2 is 1.30 bits per heavy atom. The molecule has 1 heterocycles. The highest BCUT2D eigenvalue weighted by molar-refractivity contribution is 5.95. The van der Waals surface area contributed by atoms with Gasteiger partial charge in [-0.2, -0.15) is 0 Å². The highest BCUT2D eigenvalue weighted by Crippen LogP contribution is 2.29. The fourth-order valence-corrected chi connectivity index (χ4v) is 6.45. The molecule has 1 atom stereocenters. The van der Waals surface area contributed by atoms with Gasteiger partial charge in [0.05, 0.1) is 58.5 Å². The minimum Gasteiger partial charge on any atom is -0.379 e. The van der Waals surface area contributed by atoms with Gasteiger partial charge in [-0.25, -0.2) is 0 Å². The van der Waals surface area contributed by atoms with Crippen LogP contribution in [0, 0.1) is 17.8 Å². The lowest BCUT2D eigenvalue weighted by atomic mass is 9.89. The normalized spacial score (nSPS) is 14.3. The van der Waals surface area contributed by atoms with E-state index < -0.39 is 0 Å². The molecule has 1 unspecified atom stereocenters. The lowest BCUT2D eigenvalue weighted by Gasteiger charge is -2.30. The van der Waals surface area contributed by atoms with Gasteiger partial charge in [0.15, 0.2) is 0 Å². The monoisotopic (exact) mass is 776 g/mol. The summed E-state index contributed by atoms with van der Waals surface area (Å²) in [6.45, 7) is 4.95. The second kappa shape index (κ2) is 24.5. The van der Waals surface area contributed by atoms with Crippen LogP contribution in [0.1, 0.15) is 51.9 Å². The number of nitrogens with two attached hydrogens (primary N) is 1. The Kier molecular flexibility index (Phi) is 18.5. The predicted molar refractivity (Wildman–Crippen MR) is 222 cm³/mol. The molecule has 302 valence electrons. The average Bonchev–Trinajstić information content (AvgIpc) is 3.23. The Hall–Kier alpha value is -5.09. The van der Waals surface area contributed by atoms with Gasteiger partial charge in [-0.1, -0.05) is 78.6 Å². The SMILES string of the molecule is NCCc1ccc(CCc2ccc(C(=O)NCCOCCOCCOCCOCCC(=O)NCCC(=O)N3CC4CC=CC=C4C#Cc4ccccc43)cc2)cc1. The molecule has 11 heteroatoms. The molecule has 57 heavy (non-hydrogen) atoms. The van der Waals surface area contributed by atoms with Gasteiger partial charge in [0.1, 0.15) is 0 Å². The number of ether oxygens (including phenoxy) is 4. The van der Waals surface area contributed by atoms with Gasteiger partial charge in [-0.15, -0.1) is 0 Å². The van der Waals surface area contributed by atoms with Gasteiger partial charge >= 0.3 is 0 Å². The van der Waals surface area contributed by atoms with Crippen molar-refractivity contribution in [3.05, 3.63) is 124 Å². The maximum Gasteiger partial charge on any atom is 0.251 e. The highest BCUT2D eigenvalue weighted by Gasteiger charge is 2.26. The number of benzene rings is 3. The zero-order chi connectivity index (χ0) is 39.9. The summed E-state index contributed by atoms with van der Waals surface area (Å²) in [5.74, 6) is 6.35. The molecule has 0 aromatic heterocycles. The molecule has 1 aliphatic carbocycles. The van der Waals surface area contributed by atoms with E-state index in [1.807, 2.05) is 65.6 Å². The third-order valence-electron chi connectivity index (χ3n) is 9.67. The minimum absolute atomic E-state index is 0.0441. The fraction of sp³-hybridized carbons (Fsp3) is 0.413. The highest BCUT2D eigenvalue weighted by atomic mass is 16.6. The van der Waals surface area contributed by atoms with Crippen LogP contribution in [-0.4, -0.2) is 96.8 Å². The van der Waals surface area contributed by atoms with Crippen molar-refractivity contribution in [3.8, 4) is 11.8 Å². The first-order valence-corrected chi connectivity index (χ1v) is 20.0. The summed E-state index contributed by atoms with van der Waals surface area (Å²) in [7, 11) is 0. The van der Waals surface area contributed by atoms with Crippen molar-refractivity contribution in [2.75, 3.05) is 83.9 Å². The summed E-state index contributed by atoms with van der Waals surface area (Å²) < 4.78 is 22.2. The number of allylic oxidation sites excluding steroid dienone is 3. The molecule has 0 fully saturated rings. The van der Waals surface area contributed by atoms with E-state index in [1.165, 1.54) is 16.7 Å². The molecule has 3 aromatic carbocycles. The molecule has 2 aliphatic rings. The number of carbonyl (C=O) groups excluding carboxylic acids is 3. The second-order valence-corrected chi connectivity index (χ2v) is 13.9. The topological polar surface area (TPSA) is 141 Å². The smallest absolute Gasteiger partial charge is 0.251 e. The van der Waals surface area contributed by atoms with E-state index >= 15 is 0 Å². The third kappa shape index (κ3) is 15.1. The van der Waals surface area contributed by atoms with E-state index in [4.69, 9.17) is 24.7 Å². The molecule has 0 radical (unpaired) electrons. The molecule has 1 aliphatic heterocycles. The first-order valence-electron chi connectivity index (χ1n) is 20.0. The molecule has 5 rings (SSSR count). The number of anilines is 1. The van der Waals surface area contributed by atoms with Gasteiger partial charge in [0.2, 0.25) is 11.8 Å². The third-order valence-corrected chi connectivity index (χ3v) is 9.67. The first-order chi connectivity index (χ1) is 28.0. The summed E-state index contributed by atoms with van der Waals surface area (Å²) >= 11 is 0. The van der Waals surface area contributed by atoms with Crippen molar-refractivity contribution < 1.29 is 33.3 Å². The second-order valence-electron chi connectivity index (χ2n) is 13.9. The van der Waals surface area contributed by atoms with Gasteiger partial charge in [-0.05, 0) is 73.2 Å². The summed E-state index contributed by atoms with van der Waals surface area (Å²) in [6, 6.07) is 24.0. The molecule has 0 saturated heterocycles. The number of fused-ring (bicyclic) bond motifs is 2. The van der Waals surface area contributed by atoms with Crippen LogP contribution in [0.5, 0.6) is 0 Å². The van der Waals surface area contributed by atoms with Crippen LogP contribution in [0.3, 0.4) is 0 Å². The molecule has 4 N–H and O–H groups in total. The molecular weight excluding hydrogens is 721 g/mol. The molecule has 0 bridgehead atoms. The number of hydrogen-bond acceptors (Lipinski definition) is 8. The predicted octanol–water partition coefficient (Wildman–Crippen LogP) is 4.57. The van der Waals surface area contributed by atoms with Gasteiger partial charge in [0, 0.05) is 55.1 Å². The van der Waals surface area contributed by atoms with E-state index in [0.29, 0.717) is 71.4 Å². The van der Waals surface area contributed by atoms with E-state index in [0.717, 1.165) is 42.5 Å². The van der Waals surface area contributed by atoms with Crippen molar-refractivity contribution >= 4 is 23.4 Å². The van der Waals surface area contributed by atoms with Crippen molar-refractivity contribution in [2.45, 2.75) is 38.5 Å². The number of aryl methyl sites for hydroxylation is 2. The molecule has 0 saturated carbocycles. The maximum absolute atomic E-state index is 13.3. The quantitative estimate of drug-likeness (QED) is 0.0889. The van der Waals surface area contributed by atoms with Crippen LogP contribution < -0.4 is 21.3 Å². The van der Waals surface area contributed by atoms with Crippen LogP contribution in [0.4, 0.5) is 5.69 Å². The van der Waals surface area contributed by atoms with Gasteiger partial charge in [0.25, 0.3) is 5.91 Å². The number of amides is 3. The van der Waals surface area contributed by atoms with Crippen molar-refractivity contribution in [3.63, 3.8) is 0 Å². The van der Waals surface area contributed by atoms with Crippen LogP contribution in [0.2, 0.25) is 0 Å². The Morgan fingerprint density at radius 3 is 1.98 bits per heavy atom. The molecule has 11 nitrogen and oxygen atoms in total. The summed E-state index contributed by atoms with van der Waals surface area (Å²) in [4.78, 5) is 40.0. The number of nitrogens with one attached hydrogen (secondary N) is 2. The molecule has 3 aromatic rings. The summed E-state index contributed by atoms with van der Waals surface area (Å²) in [6.07, 6.45) is 10.1. The number of nitrogens with zero attached hydrogens (tertiary/aromatic N) is 1. The number of rotatable bonds is 24. The Bertz CT molecular complexity index is 1850. The van der Waals surface area contributed by atoms with Crippen LogP contribution >= 0.6 is 0 Å². The molecule has 3 amide bonds. The lowest BCUT2D eigenvalue weighted by molar-refractivity contribution is -0.122. The Morgan fingerprint density at radius 1 is 0.684 bits per heavy atom. The lowest BCUT2D eigenvalue weighted by Crippen LogP contribution is -2.39. The maximum atomic E-state index is 13.3. The van der Waals surface area contributed by atoms with Crippen LogP contribution in [0.25, 0.3) is 0 Å². The Balaban J connectivity index is 0.809. The Labute approximate surface area is 337 Å². The van der Waals surface area contributed by atoms with E-state index in [-0.39, 0.29) is 49.6 Å². The number of hydrogen-bond donors (Lipinski definition) is 3. The number of para-hydroxylation sites is 1. The zero-order valence-electron chi connectivity index (χ0n) is 32.8. The van der Waals surface area contributed by atoms with Crippen molar-refractivity contribution in [2.24, 2.45) is 11.7 Å². The van der Waals surface area contributed by atoms with Crippen molar-refractivity contribution in [1.82, 2.24) is 10.6 Å². The largest absolute Gasteiger partial charge is 0.379 e. The zero-order valence-corrected chi connectivity index (χ0v) is 32.8. The standard InChI is InChI=1S/C46H56N4O7/c47-24-21-38-13-11-36(12-14-38)9-10-37-15-17-41(18-16-37)46(53)49-26-28-55-30-32-57-34-33-56-31-29-54-27-23-44(51)48-25-22-45(52)50-35-42-7-2-1-5-39(42)19-20-40-6-3-4-8-43(40)50/h1-6,8,11-18,42H,7,9-10,21-35,47H2,(H,48,51)(H,49,53). The molecule has 0 spiro atoms. The molecular formula is C46H56N4O7. The van der Waals surface area contributed by atoms with E-state index in [9.17, 15) is 14.4 Å². The first kappa shape index (κ1) is 43.0. The number of carbonyl (C=O) groups is 3. The summed E-state index contributed by atoms with van der Waals surface area (Å²) in [5, 5.41) is 5.72. The fourth-order valence-electron chi connectivity index (χ4n) is 6.45. The van der Waals surface area contributed by atoms with E-state index in [1.54, 1.807) is 0 Å². The van der Waals surface area contributed by atoms with E-state index in [2.05, 4.69) is 52.8 Å². The van der Waals surface area contributed by atoms with Crippen LogP contribution in [0.15, 0.2) is 96.6 Å². The minimum atomic E-state index is -0.165.